The lowest BCUT2D eigenvalue weighted by Crippen LogP contribution is -2.00. The largest absolute Gasteiger partial charge is 0.493 e. The highest BCUT2D eigenvalue weighted by atomic mass is 16.5. The van der Waals surface area contributed by atoms with E-state index in [0.29, 0.717) is 6.54 Å². The highest BCUT2D eigenvalue weighted by molar-refractivity contribution is 5.79. The van der Waals surface area contributed by atoms with Gasteiger partial charge in [0.1, 0.15) is 5.82 Å². The van der Waals surface area contributed by atoms with Crippen molar-refractivity contribution in [1.29, 1.82) is 0 Å². The SMILES string of the molecule is COc1ccc(CNc2cccc(-c3nc4ccccc4[nH]3)c2)cc1OC. The molecular weight excluding hydrogens is 338 g/mol. The third-order valence-electron chi connectivity index (χ3n) is 4.47. The van der Waals surface area contributed by atoms with Crippen molar-refractivity contribution in [3.05, 3.63) is 72.3 Å². The van der Waals surface area contributed by atoms with E-state index in [1.54, 1.807) is 14.2 Å². The minimum absolute atomic E-state index is 0.684. The number of anilines is 1. The number of methoxy groups -OCH3 is 2. The fourth-order valence-corrected chi connectivity index (χ4v) is 3.06. The Labute approximate surface area is 158 Å². The summed E-state index contributed by atoms with van der Waals surface area (Å²) in [6, 6.07) is 22.2. The highest BCUT2D eigenvalue weighted by Crippen LogP contribution is 2.28. The van der Waals surface area contributed by atoms with Crippen LogP contribution >= 0.6 is 0 Å². The van der Waals surface area contributed by atoms with Gasteiger partial charge in [0.15, 0.2) is 11.5 Å². The Kier molecular flexibility index (Phi) is 4.66. The zero-order chi connectivity index (χ0) is 18.6. The Morgan fingerprint density at radius 1 is 0.889 bits per heavy atom. The number of hydrogen-bond donors (Lipinski definition) is 2. The first-order valence-electron chi connectivity index (χ1n) is 8.77. The van der Waals surface area contributed by atoms with Gasteiger partial charge < -0.3 is 19.8 Å². The fourth-order valence-electron chi connectivity index (χ4n) is 3.06. The van der Waals surface area contributed by atoms with Crippen molar-refractivity contribution in [2.24, 2.45) is 0 Å². The smallest absolute Gasteiger partial charge is 0.161 e. The number of para-hydroxylation sites is 2. The molecular formula is C22H21N3O2. The molecule has 0 aliphatic heterocycles. The third-order valence-corrected chi connectivity index (χ3v) is 4.47. The van der Waals surface area contributed by atoms with E-state index < -0.39 is 0 Å². The van der Waals surface area contributed by atoms with Gasteiger partial charge in [-0.3, -0.25) is 0 Å². The molecule has 0 bridgehead atoms. The van der Waals surface area contributed by atoms with Gasteiger partial charge in [-0.2, -0.15) is 0 Å². The van der Waals surface area contributed by atoms with Crippen molar-refractivity contribution >= 4 is 16.7 Å². The maximum absolute atomic E-state index is 5.37. The standard InChI is InChI=1S/C22H21N3O2/c1-26-20-11-10-15(12-21(20)27-2)14-23-17-7-5-6-16(13-17)22-24-18-8-3-4-9-19(18)25-22/h3-13,23H,14H2,1-2H3,(H,24,25). The van der Waals surface area contributed by atoms with Gasteiger partial charge in [-0.25, -0.2) is 4.98 Å². The predicted octanol–water partition coefficient (Wildman–Crippen LogP) is 4.86. The molecule has 1 heterocycles. The van der Waals surface area contributed by atoms with Crippen molar-refractivity contribution in [1.82, 2.24) is 9.97 Å². The number of aromatic nitrogens is 2. The van der Waals surface area contributed by atoms with Crippen molar-refractivity contribution in [2.45, 2.75) is 6.54 Å². The average Bonchev–Trinajstić information content (AvgIpc) is 3.16. The molecule has 5 nitrogen and oxygen atoms in total. The molecule has 0 saturated heterocycles. The van der Waals surface area contributed by atoms with E-state index in [-0.39, 0.29) is 0 Å². The molecule has 0 saturated carbocycles. The van der Waals surface area contributed by atoms with Crippen LogP contribution in [0.25, 0.3) is 22.4 Å². The Morgan fingerprint density at radius 2 is 1.74 bits per heavy atom. The van der Waals surface area contributed by atoms with Crippen LogP contribution in [0.15, 0.2) is 66.7 Å². The van der Waals surface area contributed by atoms with Crippen LogP contribution in [0, 0.1) is 0 Å². The second kappa shape index (κ2) is 7.41. The summed E-state index contributed by atoms with van der Waals surface area (Å²) in [5, 5.41) is 3.46. The van der Waals surface area contributed by atoms with E-state index in [1.807, 2.05) is 54.6 Å². The van der Waals surface area contributed by atoms with E-state index >= 15 is 0 Å². The molecule has 3 aromatic carbocycles. The number of hydrogen-bond acceptors (Lipinski definition) is 4. The lowest BCUT2D eigenvalue weighted by atomic mass is 10.1. The van der Waals surface area contributed by atoms with E-state index in [2.05, 4.69) is 27.4 Å². The van der Waals surface area contributed by atoms with Crippen molar-refractivity contribution in [3.63, 3.8) is 0 Å². The molecule has 0 aliphatic carbocycles. The monoisotopic (exact) mass is 359 g/mol. The minimum atomic E-state index is 0.684. The van der Waals surface area contributed by atoms with E-state index in [0.717, 1.165) is 45.2 Å². The summed E-state index contributed by atoms with van der Waals surface area (Å²) in [6.45, 7) is 0.684. The van der Waals surface area contributed by atoms with Crippen LogP contribution in [0.2, 0.25) is 0 Å². The maximum atomic E-state index is 5.37. The summed E-state index contributed by atoms with van der Waals surface area (Å²) in [5.41, 5.74) is 5.19. The van der Waals surface area contributed by atoms with Gasteiger partial charge in [0.05, 0.1) is 25.3 Å². The molecule has 136 valence electrons. The summed E-state index contributed by atoms with van der Waals surface area (Å²) in [6.07, 6.45) is 0. The lowest BCUT2D eigenvalue weighted by Gasteiger charge is -2.11. The first-order valence-corrected chi connectivity index (χ1v) is 8.77. The number of aromatic amines is 1. The third kappa shape index (κ3) is 3.58. The van der Waals surface area contributed by atoms with Crippen molar-refractivity contribution in [2.75, 3.05) is 19.5 Å². The molecule has 4 rings (SSSR count). The van der Waals surface area contributed by atoms with Crippen molar-refractivity contribution in [3.8, 4) is 22.9 Å². The number of nitrogens with one attached hydrogen (secondary N) is 2. The summed E-state index contributed by atoms with van der Waals surface area (Å²) in [4.78, 5) is 8.04. The van der Waals surface area contributed by atoms with Crippen LogP contribution in [0.4, 0.5) is 5.69 Å². The predicted molar refractivity (Wildman–Crippen MR) is 108 cm³/mol. The molecule has 4 aromatic rings. The molecule has 1 aromatic heterocycles. The topological polar surface area (TPSA) is 59.2 Å². The lowest BCUT2D eigenvalue weighted by molar-refractivity contribution is 0.354. The molecule has 0 spiro atoms. The van der Waals surface area contributed by atoms with Crippen LogP contribution in [0.5, 0.6) is 11.5 Å². The first kappa shape index (κ1) is 17.0. The summed E-state index contributed by atoms with van der Waals surface area (Å²) >= 11 is 0. The van der Waals surface area contributed by atoms with Gasteiger partial charge in [0.2, 0.25) is 0 Å². The minimum Gasteiger partial charge on any atom is -0.493 e. The van der Waals surface area contributed by atoms with E-state index in [4.69, 9.17) is 9.47 Å². The first-order chi connectivity index (χ1) is 13.3. The van der Waals surface area contributed by atoms with Crippen LogP contribution < -0.4 is 14.8 Å². The number of nitrogens with zero attached hydrogens (tertiary/aromatic N) is 1. The summed E-state index contributed by atoms with van der Waals surface area (Å²) < 4.78 is 10.7. The Bertz CT molecular complexity index is 1040. The van der Waals surface area contributed by atoms with Gasteiger partial charge in [-0.15, -0.1) is 0 Å². The summed E-state index contributed by atoms with van der Waals surface area (Å²) in [7, 11) is 3.28. The van der Waals surface area contributed by atoms with E-state index in [9.17, 15) is 0 Å². The second-order valence-electron chi connectivity index (χ2n) is 6.23. The van der Waals surface area contributed by atoms with Gasteiger partial charge in [0.25, 0.3) is 0 Å². The Balaban J connectivity index is 1.53. The van der Waals surface area contributed by atoms with E-state index in [1.165, 1.54) is 0 Å². The average molecular weight is 359 g/mol. The zero-order valence-electron chi connectivity index (χ0n) is 15.3. The quantitative estimate of drug-likeness (QED) is 0.516. The Hall–Kier alpha value is -3.47. The number of imidazole rings is 1. The van der Waals surface area contributed by atoms with Crippen LogP contribution in [-0.2, 0) is 6.54 Å². The molecule has 0 fully saturated rings. The second-order valence-corrected chi connectivity index (χ2v) is 6.23. The van der Waals surface area contributed by atoms with Crippen LogP contribution in [0.1, 0.15) is 5.56 Å². The molecule has 5 heteroatoms. The number of rotatable bonds is 6. The number of fused-ring (bicyclic) bond motifs is 1. The van der Waals surface area contributed by atoms with Crippen LogP contribution in [0.3, 0.4) is 0 Å². The number of benzene rings is 3. The number of ether oxygens (including phenoxy) is 2. The zero-order valence-corrected chi connectivity index (χ0v) is 15.3. The molecule has 0 atom stereocenters. The normalized spacial score (nSPS) is 10.7. The van der Waals surface area contributed by atoms with Crippen LogP contribution in [-0.4, -0.2) is 24.2 Å². The van der Waals surface area contributed by atoms with Gasteiger partial charge >= 0.3 is 0 Å². The molecule has 0 unspecified atom stereocenters. The van der Waals surface area contributed by atoms with Gasteiger partial charge in [-0.1, -0.05) is 30.3 Å². The van der Waals surface area contributed by atoms with Gasteiger partial charge in [-0.05, 0) is 42.0 Å². The van der Waals surface area contributed by atoms with Gasteiger partial charge in [0, 0.05) is 17.8 Å². The molecule has 0 amide bonds. The molecule has 0 aliphatic rings. The molecule has 27 heavy (non-hydrogen) atoms. The summed E-state index contributed by atoms with van der Waals surface area (Å²) in [5.74, 6) is 2.33. The fraction of sp³-hybridized carbons (Fsp3) is 0.136. The highest BCUT2D eigenvalue weighted by Gasteiger charge is 2.07. The van der Waals surface area contributed by atoms with Crippen molar-refractivity contribution < 1.29 is 9.47 Å². The molecule has 0 radical (unpaired) electrons. The molecule has 2 N–H and O–H groups in total. The Morgan fingerprint density at radius 3 is 2.56 bits per heavy atom. The maximum Gasteiger partial charge on any atom is 0.161 e. The number of H-pyrrole nitrogens is 1.